The highest BCUT2D eigenvalue weighted by Gasteiger charge is 2.04. The van der Waals surface area contributed by atoms with E-state index in [4.69, 9.17) is 11.6 Å². The van der Waals surface area contributed by atoms with Crippen LogP contribution in [0.2, 0.25) is 5.02 Å². The molecule has 1 atom stereocenters. The van der Waals surface area contributed by atoms with Crippen LogP contribution in [0.15, 0.2) is 53.0 Å². The van der Waals surface area contributed by atoms with E-state index in [0.29, 0.717) is 12.6 Å². The lowest BCUT2D eigenvalue weighted by molar-refractivity contribution is 0.505. The molecule has 1 heterocycles. The molecule has 1 aromatic carbocycles. The molecule has 0 radical (unpaired) electrons. The molecule has 23 heavy (non-hydrogen) atoms. The van der Waals surface area contributed by atoms with Gasteiger partial charge in [0, 0.05) is 36.1 Å². The number of imidazole rings is 1. The van der Waals surface area contributed by atoms with Crippen LogP contribution >= 0.6 is 36.4 Å². The Hall–Kier alpha value is -1.36. The normalized spacial score (nSPS) is 12.1. The number of halogens is 3. The molecule has 0 aliphatic rings. The van der Waals surface area contributed by atoms with Gasteiger partial charge in [-0.25, -0.2) is 9.98 Å². The van der Waals surface area contributed by atoms with Crippen molar-refractivity contribution < 1.29 is 0 Å². The third kappa shape index (κ3) is 7.64. The van der Waals surface area contributed by atoms with Crippen LogP contribution in [0.25, 0.3) is 0 Å². The van der Waals surface area contributed by atoms with E-state index in [1.165, 1.54) is 0 Å². The summed E-state index contributed by atoms with van der Waals surface area (Å²) in [5, 5.41) is 0.742. The van der Waals surface area contributed by atoms with Crippen LogP contribution in [0.4, 0.5) is 0 Å². The first-order valence-electron chi connectivity index (χ1n) is 7.01. The van der Waals surface area contributed by atoms with Crippen molar-refractivity contribution >= 4 is 49.0 Å². The van der Waals surface area contributed by atoms with Crippen LogP contribution in [-0.2, 0) is 6.54 Å². The molecule has 0 saturated heterocycles. The van der Waals surface area contributed by atoms with Crippen LogP contribution in [0.1, 0.15) is 31.4 Å². The summed E-state index contributed by atoms with van der Waals surface area (Å²) in [5.41, 5.74) is 1.12. The van der Waals surface area contributed by atoms with Gasteiger partial charge in [0.1, 0.15) is 6.34 Å². The highest BCUT2D eigenvalue weighted by molar-refractivity contribution is 6.30. The Morgan fingerprint density at radius 2 is 2.00 bits per heavy atom. The van der Waals surface area contributed by atoms with E-state index in [0.717, 1.165) is 23.4 Å². The number of aromatic nitrogens is 2. The summed E-state index contributed by atoms with van der Waals surface area (Å²) in [7, 11) is 0. The molecule has 126 valence electrons. The molecule has 0 bridgehead atoms. The van der Waals surface area contributed by atoms with Crippen LogP contribution in [0.3, 0.4) is 0 Å². The maximum Gasteiger partial charge on any atom is 0.109 e. The number of rotatable bonds is 7. The van der Waals surface area contributed by atoms with Crippen molar-refractivity contribution in [3.05, 3.63) is 53.6 Å². The Morgan fingerprint density at radius 1 is 1.26 bits per heavy atom. The molecular weight excluding hydrogens is 355 g/mol. The number of aliphatic imine (C=N–C) groups is 2. The van der Waals surface area contributed by atoms with Gasteiger partial charge in [-0.1, -0.05) is 30.7 Å². The van der Waals surface area contributed by atoms with Gasteiger partial charge in [0.15, 0.2) is 0 Å². The van der Waals surface area contributed by atoms with Gasteiger partial charge in [-0.3, -0.25) is 4.99 Å². The lowest BCUT2D eigenvalue weighted by Gasteiger charge is -2.13. The molecule has 0 aliphatic carbocycles. The zero-order valence-electron chi connectivity index (χ0n) is 12.9. The summed E-state index contributed by atoms with van der Waals surface area (Å²) >= 11 is 5.83. The molecule has 0 amide bonds. The lowest BCUT2D eigenvalue weighted by atomic mass is 10.1. The summed E-state index contributed by atoms with van der Waals surface area (Å²) < 4.78 is 2.11. The molecule has 0 aliphatic heterocycles. The maximum atomic E-state index is 5.83. The van der Waals surface area contributed by atoms with Crippen LogP contribution < -0.4 is 0 Å². The van der Waals surface area contributed by atoms with Gasteiger partial charge in [0.05, 0.1) is 12.9 Å². The minimum Gasteiger partial charge on any atom is -0.334 e. The third-order valence-corrected chi connectivity index (χ3v) is 3.49. The average Bonchev–Trinajstić information content (AvgIpc) is 3.02. The SMILES string of the molecule is CCC(CC=NC=NCc1ccc(Cl)cc1)n1ccnc1.Cl.Cl. The average molecular weight is 376 g/mol. The summed E-state index contributed by atoms with van der Waals surface area (Å²) in [6, 6.07) is 8.07. The molecule has 0 N–H and O–H groups in total. The molecule has 0 spiro atoms. The second kappa shape index (κ2) is 12.1. The van der Waals surface area contributed by atoms with Gasteiger partial charge in [-0.2, -0.15) is 0 Å². The summed E-state index contributed by atoms with van der Waals surface area (Å²) in [6.45, 7) is 2.78. The predicted octanol–water partition coefficient (Wildman–Crippen LogP) is 5.02. The van der Waals surface area contributed by atoms with Gasteiger partial charge < -0.3 is 4.57 Å². The third-order valence-electron chi connectivity index (χ3n) is 3.24. The monoisotopic (exact) mass is 374 g/mol. The van der Waals surface area contributed by atoms with E-state index >= 15 is 0 Å². The van der Waals surface area contributed by atoms with Crippen molar-refractivity contribution in [3.8, 4) is 0 Å². The van der Waals surface area contributed by atoms with Gasteiger partial charge in [-0.15, -0.1) is 24.8 Å². The molecule has 2 rings (SSSR count). The Morgan fingerprint density at radius 3 is 2.61 bits per heavy atom. The minimum atomic E-state index is 0. The Balaban J connectivity index is 0.00000242. The first kappa shape index (κ1) is 21.6. The Labute approximate surface area is 154 Å². The van der Waals surface area contributed by atoms with Crippen LogP contribution in [0.5, 0.6) is 0 Å². The van der Waals surface area contributed by atoms with Crippen molar-refractivity contribution in [3.63, 3.8) is 0 Å². The number of benzene rings is 1. The first-order chi connectivity index (χ1) is 10.3. The second-order valence-corrected chi connectivity index (χ2v) is 5.16. The fourth-order valence-electron chi connectivity index (χ4n) is 2.00. The van der Waals surface area contributed by atoms with E-state index in [9.17, 15) is 0 Å². The van der Waals surface area contributed by atoms with E-state index in [1.54, 1.807) is 12.5 Å². The number of nitrogens with zero attached hydrogens (tertiary/aromatic N) is 4. The Kier molecular flexibility index (Phi) is 11.4. The summed E-state index contributed by atoms with van der Waals surface area (Å²) in [4.78, 5) is 12.6. The smallest absolute Gasteiger partial charge is 0.109 e. The molecule has 2 aromatic rings. The zero-order valence-corrected chi connectivity index (χ0v) is 15.3. The van der Waals surface area contributed by atoms with Gasteiger partial charge in [0.25, 0.3) is 0 Å². The molecule has 4 nitrogen and oxygen atoms in total. The highest BCUT2D eigenvalue weighted by atomic mass is 35.5. The van der Waals surface area contributed by atoms with E-state index in [1.807, 2.05) is 43.0 Å². The number of hydrogen-bond acceptors (Lipinski definition) is 2. The van der Waals surface area contributed by atoms with Crippen LogP contribution in [0, 0.1) is 0 Å². The largest absolute Gasteiger partial charge is 0.334 e. The fraction of sp³-hybridized carbons (Fsp3) is 0.312. The standard InChI is InChI=1S/C16H19ClN4.2ClH/c1-2-16(21-10-9-19-13-21)7-8-18-12-20-11-14-3-5-15(17)6-4-14;;/h3-6,8-10,12-13,16H,2,7,11H2,1H3;2*1H. The molecule has 0 fully saturated rings. The minimum absolute atomic E-state index is 0. The fourth-order valence-corrected chi connectivity index (χ4v) is 2.12. The maximum absolute atomic E-state index is 5.83. The topological polar surface area (TPSA) is 42.5 Å². The van der Waals surface area contributed by atoms with E-state index in [2.05, 4.69) is 26.5 Å². The molecule has 7 heteroatoms. The van der Waals surface area contributed by atoms with Gasteiger partial charge in [-0.05, 0) is 24.1 Å². The molecule has 1 aromatic heterocycles. The predicted molar refractivity (Wildman–Crippen MR) is 103 cm³/mol. The van der Waals surface area contributed by atoms with Crippen LogP contribution in [-0.4, -0.2) is 22.1 Å². The van der Waals surface area contributed by atoms with Gasteiger partial charge >= 0.3 is 0 Å². The first-order valence-corrected chi connectivity index (χ1v) is 7.39. The van der Waals surface area contributed by atoms with Crippen molar-refractivity contribution in [2.75, 3.05) is 0 Å². The number of hydrogen-bond donors (Lipinski definition) is 0. The van der Waals surface area contributed by atoms with Crippen molar-refractivity contribution in [2.45, 2.75) is 32.4 Å². The quantitative estimate of drug-likeness (QED) is 0.495. The molecule has 0 saturated carbocycles. The second-order valence-electron chi connectivity index (χ2n) is 4.72. The zero-order chi connectivity index (χ0) is 14.9. The van der Waals surface area contributed by atoms with E-state index < -0.39 is 0 Å². The summed E-state index contributed by atoms with van der Waals surface area (Å²) in [5.74, 6) is 0. The lowest BCUT2D eigenvalue weighted by Crippen LogP contribution is -2.06. The highest BCUT2D eigenvalue weighted by Crippen LogP contribution is 2.13. The van der Waals surface area contributed by atoms with Gasteiger partial charge in [0.2, 0.25) is 0 Å². The van der Waals surface area contributed by atoms with Crippen molar-refractivity contribution in [2.24, 2.45) is 9.98 Å². The van der Waals surface area contributed by atoms with E-state index in [-0.39, 0.29) is 24.8 Å². The Bertz CT molecular complexity index is 580. The van der Waals surface area contributed by atoms with Crippen molar-refractivity contribution in [1.29, 1.82) is 0 Å². The summed E-state index contributed by atoms with van der Waals surface area (Å²) in [6.07, 6.45) is 11.1. The molecule has 1 unspecified atom stereocenters. The molecular formula is C16H21Cl3N4. The van der Waals surface area contributed by atoms with Crippen molar-refractivity contribution in [1.82, 2.24) is 9.55 Å².